The highest BCUT2D eigenvalue weighted by atomic mass is 16.2. The molecule has 4 aromatic rings. The van der Waals surface area contributed by atoms with Crippen LogP contribution < -0.4 is 16.0 Å². The molecular formula is C30H38N6O4. The first-order valence-electron chi connectivity index (χ1n) is 13.4. The molecule has 0 saturated carbocycles. The van der Waals surface area contributed by atoms with Crippen molar-refractivity contribution in [1.29, 1.82) is 0 Å². The molecule has 1 aromatic carbocycles. The van der Waals surface area contributed by atoms with Crippen LogP contribution in [-0.2, 0) is 38.9 Å². The number of H-pyrrole nitrogens is 3. The third kappa shape index (κ3) is 6.52. The summed E-state index contributed by atoms with van der Waals surface area (Å²) >= 11 is 0. The van der Waals surface area contributed by atoms with Gasteiger partial charge in [-0.15, -0.1) is 0 Å². The van der Waals surface area contributed by atoms with Crippen molar-refractivity contribution in [1.82, 2.24) is 30.9 Å². The van der Waals surface area contributed by atoms with E-state index in [-0.39, 0.29) is 23.2 Å². The standard InChI is InChI=1S/C30H36N6O3.H2O/c1-4-19-22(16-34-28(37)25-10-7-13-31-25)20(5-2)24(18-36-30(39)27-12-9-15-33-27)21(6-3)23(19)17-35-29(38)26-11-8-14-32-26;/h7-15,31-33H,4-6,16-18H2,1-3H3,(H,34,37)(H,35,38)(H,36,39);1H2. The zero-order chi connectivity index (χ0) is 27.8. The molecule has 0 aliphatic carbocycles. The van der Waals surface area contributed by atoms with Crippen molar-refractivity contribution in [3.05, 3.63) is 105 Å². The van der Waals surface area contributed by atoms with Gasteiger partial charge < -0.3 is 36.4 Å². The number of nitrogens with one attached hydrogen (secondary N) is 6. The molecule has 0 unspecified atom stereocenters. The molecule has 8 N–H and O–H groups in total. The maximum atomic E-state index is 12.8. The van der Waals surface area contributed by atoms with E-state index in [9.17, 15) is 14.4 Å². The van der Waals surface area contributed by atoms with Gasteiger partial charge in [0, 0.05) is 38.2 Å². The molecule has 0 saturated heterocycles. The average Bonchev–Trinajstić information content (AvgIpc) is 3.76. The Morgan fingerprint density at radius 2 is 0.800 bits per heavy atom. The molecule has 3 heterocycles. The monoisotopic (exact) mass is 546 g/mol. The van der Waals surface area contributed by atoms with Crippen molar-refractivity contribution >= 4 is 17.7 Å². The Balaban J connectivity index is 0.00000441. The van der Waals surface area contributed by atoms with E-state index in [0.717, 1.165) is 52.6 Å². The molecular weight excluding hydrogens is 508 g/mol. The molecule has 3 aromatic heterocycles. The Morgan fingerprint density at radius 3 is 1.00 bits per heavy atom. The summed E-state index contributed by atoms with van der Waals surface area (Å²) in [5.41, 5.74) is 7.92. The fraction of sp³-hybridized carbons (Fsp3) is 0.300. The minimum atomic E-state index is -0.188. The normalized spacial score (nSPS) is 10.6. The van der Waals surface area contributed by atoms with Crippen LogP contribution in [0.25, 0.3) is 0 Å². The highest BCUT2D eigenvalue weighted by molar-refractivity contribution is 5.93. The van der Waals surface area contributed by atoms with Crippen molar-refractivity contribution in [3.63, 3.8) is 0 Å². The zero-order valence-electron chi connectivity index (χ0n) is 23.2. The van der Waals surface area contributed by atoms with Crippen LogP contribution in [0.2, 0.25) is 0 Å². The predicted octanol–water partition coefficient (Wildman–Crippen LogP) is 3.32. The highest BCUT2D eigenvalue weighted by Crippen LogP contribution is 2.31. The summed E-state index contributed by atoms with van der Waals surface area (Å²) in [4.78, 5) is 47.3. The zero-order valence-corrected chi connectivity index (χ0v) is 23.2. The summed E-state index contributed by atoms with van der Waals surface area (Å²) < 4.78 is 0. The second-order valence-electron chi connectivity index (χ2n) is 9.23. The largest absolute Gasteiger partial charge is 0.412 e. The van der Waals surface area contributed by atoms with E-state index in [1.807, 2.05) is 0 Å². The van der Waals surface area contributed by atoms with Crippen LogP contribution in [0.3, 0.4) is 0 Å². The summed E-state index contributed by atoms with van der Waals surface area (Å²) in [6.45, 7) is 7.28. The smallest absolute Gasteiger partial charge is 0.267 e. The van der Waals surface area contributed by atoms with Gasteiger partial charge in [-0.05, 0) is 89.0 Å². The molecule has 0 aliphatic rings. The van der Waals surface area contributed by atoms with Gasteiger partial charge >= 0.3 is 0 Å². The van der Waals surface area contributed by atoms with E-state index >= 15 is 0 Å². The van der Waals surface area contributed by atoms with Gasteiger partial charge in [0.2, 0.25) is 0 Å². The summed E-state index contributed by atoms with van der Waals surface area (Å²) in [5, 5.41) is 9.19. The maximum absolute atomic E-state index is 12.8. The molecule has 3 amide bonds. The predicted molar refractivity (Wildman–Crippen MR) is 154 cm³/mol. The molecule has 0 radical (unpaired) electrons. The minimum absolute atomic E-state index is 0. The van der Waals surface area contributed by atoms with Crippen molar-refractivity contribution in [3.8, 4) is 0 Å². The van der Waals surface area contributed by atoms with E-state index in [4.69, 9.17) is 0 Å². The van der Waals surface area contributed by atoms with Crippen LogP contribution in [0.4, 0.5) is 0 Å². The van der Waals surface area contributed by atoms with Gasteiger partial charge in [0.05, 0.1) is 0 Å². The SMILES string of the molecule is CCc1c(CNC(=O)c2ccc[nH]2)c(CC)c(CNC(=O)c2ccc[nH]2)c(CC)c1CNC(=O)c1ccc[nH]1.O. The molecule has 0 fully saturated rings. The number of hydrogen-bond acceptors (Lipinski definition) is 3. The molecule has 4 rings (SSSR count). The van der Waals surface area contributed by atoms with Crippen LogP contribution >= 0.6 is 0 Å². The van der Waals surface area contributed by atoms with Crippen molar-refractivity contribution in [2.24, 2.45) is 0 Å². The van der Waals surface area contributed by atoms with Crippen molar-refractivity contribution < 1.29 is 19.9 Å². The van der Waals surface area contributed by atoms with Gasteiger partial charge in [0.15, 0.2) is 0 Å². The fourth-order valence-corrected chi connectivity index (χ4v) is 5.22. The molecule has 40 heavy (non-hydrogen) atoms. The van der Waals surface area contributed by atoms with Gasteiger partial charge in [-0.25, -0.2) is 0 Å². The molecule has 0 bridgehead atoms. The number of amides is 3. The first kappa shape index (κ1) is 30.0. The second-order valence-corrected chi connectivity index (χ2v) is 9.23. The molecule has 0 aliphatic heterocycles. The van der Waals surface area contributed by atoms with Crippen LogP contribution in [-0.4, -0.2) is 38.1 Å². The van der Waals surface area contributed by atoms with Crippen LogP contribution in [0.5, 0.6) is 0 Å². The van der Waals surface area contributed by atoms with Gasteiger partial charge in [-0.1, -0.05) is 20.8 Å². The third-order valence-electron chi connectivity index (χ3n) is 7.05. The lowest BCUT2D eigenvalue weighted by Gasteiger charge is -2.26. The number of aromatic nitrogens is 3. The number of rotatable bonds is 12. The second kappa shape index (κ2) is 14.0. The van der Waals surface area contributed by atoms with E-state index in [1.165, 1.54) is 0 Å². The number of hydrogen-bond donors (Lipinski definition) is 6. The van der Waals surface area contributed by atoms with E-state index in [2.05, 4.69) is 51.7 Å². The molecule has 212 valence electrons. The Morgan fingerprint density at radius 1 is 0.525 bits per heavy atom. The first-order valence-corrected chi connectivity index (χ1v) is 13.4. The Kier molecular flexibility index (Phi) is 10.5. The fourth-order valence-electron chi connectivity index (χ4n) is 5.22. The summed E-state index contributed by atoms with van der Waals surface area (Å²) in [5.74, 6) is -0.564. The lowest BCUT2D eigenvalue weighted by molar-refractivity contribution is 0.0939. The average molecular weight is 547 g/mol. The third-order valence-corrected chi connectivity index (χ3v) is 7.05. The molecule has 10 nitrogen and oxygen atoms in total. The van der Waals surface area contributed by atoms with Gasteiger partial charge in [-0.3, -0.25) is 14.4 Å². The minimum Gasteiger partial charge on any atom is -0.412 e. The van der Waals surface area contributed by atoms with E-state index in [0.29, 0.717) is 36.7 Å². The summed E-state index contributed by atoms with van der Waals surface area (Å²) in [6, 6.07) is 10.6. The Labute approximate surface area is 233 Å². The van der Waals surface area contributed by atoms with Gasteiger partial charge in [0.1, 0.15) is 17.1 Å². The number of carbonyl (C=O) groups excluding carboxylic acids is 3. The van der Waals surface area contributed by atoms with Crippen LogP contribution in [0, 0.1) is 0 Å². The van der Waals surface area contributed by atoms with Crippen molar-refractivity contribution in [2.75, 3.05) is 0 Å². The Hall–Kier alpha value is -4.57. The van der Waals surface area contributed by atoms with E-state index < -0.39 is 0 Å². The number of aromatic amines is 3. The summed E-state index contributed by atoms with van der Waals surface area (Å²) in [6.07, 6.45) is 7.35. The lowest BCUT2D eigenvalue weighted by atomic mass is 9.83. The van der Waals surface area contributed by atoms with E-state index in [1.54, 1.807) is 55.0 Å². The topological polar surface area (TPSA) is 166 Å². The van der Waals surface area contributed by atoms with Gasteiger partial charge in [-0.2, -0.15) is 0 Å². The first-order chi connectivity index (χ1) is 19.0. The lowest BCUT2D eigenvalue weighted by Crippen LogP contribution is -2.30. The van der Waals surface area contributed by atoms with Gasteiger partial charge in [0.25, 0.3) is 17.7 Å². The quantitative estimate of drug-likeness (QED) is 0.161. The van der Waals surface area contributed by atoms with Crippen LogP contribution in [0.1, 0.15) is 85.6 Å². The molecule has 0 atom stereocenters. The number of benzene rings is 1. The Bertz CT molecular complexity index is 1210. The molecule has 10 heteroatoms. The van der Waals surface area contributed by atoms with Crippen molar-refractivity contribution in [2.45, 2.75) is 59.7 Å². The number of carbonyl (C=O) groups is 3. The highest BCUT2D eigenvalue weighted by Gasteiger charge is 2.23. The summed E-state index contributed by atoms with van der Waals surface area (Å²) in [7, 11) is 0. The van der Waals surface area contributed by atoms with Crippen LogP contribution in [0.15, 0.2) is 55.0 Å². The molecule has 0 spiro atoms. The maximum Gasteiger partial charge on any atom is 0.267 e.